The van der Waals surface area contributed by atoms with Gasteiger partial charge in [0.25, 0.3) is 0 Å². The first kappa shape index (κ1) is 21.4. The van der Waals surface area contributed by atoms with Gasteiger partial charge in [0.05, 0.1) is 19.2 Å². The highest BCUT2D eigenvalue weighted by Gasteiger charge is 2.22. The highest BCUT2D eigenvalue weighted by atomic mass is 19.1. The number of amides is 1. The molecule has 2 fully saturated rings. The Bertz CT molecular complexity index is 715. The Morgan fingerprint density at radius 2 is 2.00 bits per heavy atom. The fraction of sp³-hybridized carbons (Fsp3) is 0.636. The maximum Gasteiger partial charge on any atom is 0.239 e. The van der Waals surface area contributed by atoms with Crippen LogP contribution in [0.25, 0.3) is 0 Å². The smallest absolute Gasteiger partial charge is 0.239 e. The molecule has 160 valence electrons. The van der Waals surface area contributed by atoms with Gasteiger partial charge in [-0.1, -0.05) is 25.3 Å². The number of hydrogen-bond acceptors (Lipinski definition) is 3. The zero-order valence-corrected chi connectivity index (χ0v) is 17.5. The van der Waals surface area contributed by atoms with Gasteiger partial charge in [-0.15, -0.1) is 0 Å². The van der Waals surface area contributed by atoms with Crippen molar-refractivity contribution in [3.8, 4) is 5.75 Å². The average Bonchev–Trinajstić information content (AvgIpc) is 3.55. The van der Waals surface area contributed by atoms with Crippen molar-refractivity contribution < 1.29 is 13.9 Å². The van der Waals surface area contributed by atoms with Gasteiger partial charge >= 0.3 is 0 Å². The number of hydrogen-bond donors (Lipinski definition) is 3. The first-order valence-corrected chi connectivity index (χ1v) is 10.7. The van der Waals surface area contributed by atoms with Crippen molar-refractivity contribution in [2.24, 2.45) is 10.9 Å². The molecule has 2 aliphatic carbocycles. The van der Waals surface area contributed by atoms with E-state index in [4.69, 9.17) is 4.74 Å². The van der Waals surface area contributed by atoms with Gasteiger partial charge in [-0.2, -0.15) is 0 Å². The van der Waals surface area contributed by atoms with Gasteiger partial charge in [0, 0.05) is 13.1 Å². The van der Waals surface area contributed by atoms with Gasteiger partial charge in [-0.3, -0.25) is 9.79 Å². The van der Waals surface area contributed by atoms with Crippen LogP contribution in [-0.2, 0) is 4.79 Å². The van der Waals surface area contributed by atoms with Crippen molar-refractivity contribution >= 4 is 11.9 Å². The van der Waals surface area contributed by atoms with Crippen LogP contribution in [-0.4, -0.2) is 38.1 Å². The largest absolute Gasteiger partial charge is 0.490 e. The molecule has 0 spiro atoms. The molecule has 0 radical (unpaired) electrons. The molecule has 1 aromatic carbocycles. The van der Waals surface area contributed by atoms with Crippen LogP contribution in [0.1, 0.15) is 63.5 Å². The molecule has 3 rings (SSSR count). The van der Waals surface area contributed by atoms with E-state index in [2.05, 4.69) is 20.9 Å². The van der Waals surface area contributed by atoms with Crippen molar-refractivity contribution in [1.82, 2.24) is 16.0 Å². The van der Waals surface area contributed by atoms with Crippen LogP contribution in [0.15, 0.2) is 23.2 Å². The Hall–Kier alpha value is -2.31. The van der Waals surface area contributed by atoms with Gasteiger partial charge in [-0.05, 0) is 56.2 Å². The zero-order chi connectivity index (χ0) is 20.6. The third kappa shape index (κ3) is 6.91. The summed E-state index contributed by atoms with van der Waals surface area (Å²) in [5, 5.41) is 9.31. The van der Waals surface area contributed by atoms with E-state index in [1.165, 1.54) is 38.2 Å². The van der Waals surface area contributed by atoms with Gasteiger partial charge < -0.3 is 20.7 Å². The molecule has 0 aliphatic heterocycles. The van der Waals surface area contributed by atoms with Gasteiger partial charge in [0.2, 0.25) is 5.91 Å². The Balaban J connectivity index is 1.45. The van der Waals surface area contributed by atoms with Gasteiger partial charge in [0.1, 0.15) is 0 Å². The van der Waals surface area contributed by atoms with E-state index in [0.29, 0.717) is 24.2 Å². The highest BCUT2D eigenvalue weighted by Crippen LogP contribution is 2.30. The number of carbonyl (C=O) groups is 1. The summed E-state index contributed by atoms with van der Waals surface area (Å²) in [6.45, 7) is 2.67. The predicted molar refractivity (Wildman–Crippen MR) is 113 cm³/mol. The van der Waals surface area contributed by atoms with E-state index >= 15 is 0 Å². The number of ether oxygens (including phenoxy) is 1. The van der Waals surface area contributed by atoms with E-state index in [0.717, 1.165) is 18.4 Å². The van der Waals surface area contributed by atoms with E-state index < -0.39 is 0 Å². The molecule has 1 unspecified atom stereocenters. The van der Waals surface area contributed by atoms with Crippen molar-refractivity contribution in [1.29, 1.82) is 0 Å². The van der Waals surface area contributed by atoms with Crippen LogP contribution in [0.4, 0.5) is 4.39 Å². The van der Waals surface area contributed by atoms with E-state index in [-0.39, 0.29) is 30.4 Å². The van der Waals surface area contributed by atoms with Crippen LogP contribution >= 0.6 is 0 Å². The first-order chi connectivity index (χ1) is 14.0. The van der Waals surface area contributed by atoms with Crippen LogP contribution in [0.5, 0.6) is 5.75 Å². The third-order valence-electron chi connectivity index (χ3n) is 5.59. The predicted octanol–water partition coefficient (Wildman–Crippen LogP) is 3.29. The molecular formula is C22H33FN4O2. The summed E-state index contributed by atoms with van der Waals surface area (Å²) in [6.07, 6.45) is 8.08. The summed E-state index contributed by atoms with van der Waals surface area (Å²) in [7, 11) is 1.65. The summed E-state index contributed by atoms with van der Waals surface area (Å²) in [5.41, 5.74) is 0.788. The minimum Gasteiger partial charge on any atom is -0.490 e. The topological polar surface area (TPSA) is 74.8 Å². The highest BCUT2D eigenvalue weighted by molar-refractivity contribution is 5.86. The summed E-state index contributed by atoms with van der Waals surface area (Å²) >= 11 is 0. The normalized spacial score (nSPS) is 18.8. The van der Waals surface area contributed by atoms with E-state index in [9.17, 15) is 9.18 Å². The Labute approximate surface area is 172 Å². The summed E-state index contributed by atoms with van der Waals surface area (Å²) in [6, 6.07) is 5.14. The molecule has 0 bridgehead atoms. The molecule has 29 heavy (non-hydrogen) atoms. The number of nitrogens with zero attached hydrogens (tertiary/aromatic N) is 1. The van der Waals surface area contributed by atoms with Crippen LogP contribution in [0.2, 0.25) is 0 Å². The molecule has 1 aromatic rings. The van der Waals surface area contributed by atoms with Crippen LogP contribution in [0.3, 0.4) is 0 Å². The number of rotatable bonds is 8. The zero-order valence-electron chi connectivity index (χ0n) is 17.5. The van der Waals surface area contributed by atoms with Crippen molar-refractivity contribution in [3.05, 3.63) is 29.6 Å². The van der Waals surface area contributed by atoms with Crippen molar-refractivity contribution in [2.75, 3.05) is 20.2 Å². The number of nitrogens with one attached hydrogen (secondary N) is 3. The maximum absolute atomic E-state index is 14.3. The molecule has 2 aliphatic rings. The monoisotopic (exact) mass is 404 g/mol. The minimum absolute atomic E-state index is 0.0317. The van der Waals surface area contributed by atoms with Crippen molar-refractivity contribution in [2.45, 2.75) is 64.0 Å². The maximum atomic E-state index is 14.3. The molecular weight excluding hydrogens is 371 g/mol. The molecule has 0 heterocycles. The molecule has 6 nitrogen and oxygen atoms in total. The number of carbonyl (C=O) groups excluding carboxylic acids is 1. The SMILES string of the molecule is CN=C(NCC(=O)NC1CCCCC1)NC(C)c1ccc(OCC2CC2)c(F)c1. The lowest BCUT2D eigenvalue weighted by Crippen LogP contribution is -2.46. The summed E-state index contributed by atoms with van der Waals surface area (Å²) in [5.74, 6) is 1.00. The minimum atomic E-state index is -0.355. The van der Waals surface area contributed by atoms with Gasteiger partial charge in [-0.25, -0.2) is 4.39 Å². The molecule has 0 saturated heterocycles. The first-order valence-electron chi connectivity index (χ1n) is 10.7. The second-order valence-corrected chi connectivity index (χ2v) is 8.14. The Morgan fingerprint density at radius 1 is 1.24 bits per heavy atom. The number of halogens is 1. The summed E-state index contributed by atoms with van der Waals surface area (Å²) in [4.78, 5) is 16.3. The Kier molecular flexibility index (Phi) is 7.72. The lowest BCUT2D eigenvalue weighted by Gasteiger charge is -2.23. The molecule has 3 N–H and O–H groups in total. The molecule has 1 amide bonds. The number of guanidine groups is 1. The van der Waals surface area contributed by atoms with Gasteiger partial charge in [0.15, 0.2) is 17.5 Å². The Morgan fingerprint density at radius 3 is 2.66 bits per heavy atom. The molecule has 2 saturated carbocycles. The quantitative estimate of drug-likeness (QED) is 0.459. The fourth-order valence-electron chi connectivity index (χ4n) is 3.57. The lowest BCUT2D eigenvalue weighted by molar-refractivity contribution is -0.120. The van der Waals surface area contributed by atoms with E-state index in [1.54, 1.807) is 13.1 Å². The van der Waals surface area contributed by atoms with Crippen molar-refractivity contribution in [3.63, 3.8) is 0 Å². The van der Waals surface area contributed by atoms with Crippen LogP contribution in [0, 0.1) is 11.7 Å². The standard InChI is InChI=1S/C22H33FN4O2/c1-15(17-10-11-20(19(23)12-17)29-14-16-8-9-16)26-22(24-2)25-13-21(28)27-18-6-4-3-5-7-18/h10-12,15-16,18H,3-9,13-14H2,1-2H3,(H,27,28)(H2,24,25,26). The summed E-state index contributed by atoms with van der Waals surface area (Å²) < 4.78 is 19.9. The number of benzene rings is 1. The average molecular weight is 405 g/mol. The van der Waals surface area contributed by atoms with Crippen LogP contribution < -0.4 is 20.7 Å². The lowest BCUT2D eigenvalue weighted by atomic mass is 9.95. The third-order valence-corrected chi connectivity index (χ3v) is 5.59. The molecule has 7 heteroatoms. The van der Waals surface area contributed by atoms with E-state index in [1.807, 2.05) is 13.0 Å². The fourth-order valence-corrected chi connectivity index (χ4v) is 3.57. The molecule has 1 atom stereocenters. The number of aliphatic imine (C=N–C) groups is 1. The second-order valence-electron chi connectivity index (χ2n) is 8.14. The second kappa shape index (κ2) is 10.5. The molecule has 0 aromatic heterocycles.